The molecule has 0 aromatic rings. The molecule has 1 atom stereocenters. The van der Waals surface area contributed by atoms with Gasteiger partial charge in [0.15, 0.2) is 0 Å². The van der Waals surface area contributed by atoms with Gasteiger partial charge in [-0.3, -0.25) is 0 Å². The van der Waals surface area contributed by atoms with Crippen LogP contribution in [-0.2, 0) is 14.2 Å². The predicted molar refractivity (Wildman–Crippen MR) is 53.4 cm³/mol. The third-order valence-electron chi connectivity index (χ3n) is 1.61. The minimum Gasteiger partial charge on any atom is -0.394 e. The number of aliphatic hydroxyl groups is 1. The van der Waals surface area contributed by atoms with Gasteiger partial charge in [-0.15, -0.1) is 0 Å². The summed E-state index contributed by atoms with van der Waals surface area (Å²) in [5, 5.41) is 11.6. The molecule has 0 rings (SSSR count). The van der Waals surface area contributed by atoms with Crippen LogP contribution >= 0.6 is 0 Å². The summed E-state index contributed by atoms with van der Waals surface area (Å²) < 4.78 is 15.5. The standard InChI is InChI=1S/C9H21NO4/c1-10-7-9(14-4-3-11)8-13-6-5-12-2/h9-11H,3-8H2,1-2H3. The number of methoxy groups -OCH3 is 1. The van der Waals surface area contributed by atoms with Crippen LogP contribution < -0.4 is 5.32 Å². The van der Waals surface area contributed by atoms with Crippen LogP contribution in [0.4, 0.5) is 0 Å². The van der Waals surface area contributed by atoms with Crippen LogP contribution in [0.3, 0.4) is 0 Å². The molecule has 0 spiro atoms. The fraction of sp³-hybridized carbons (Fsp3) is 1.00. The number of hydrogen-bond donors (Lipinski definition) is 2. The molecule has 0 radical (unpaired) electrons. The average molecular weight is 207 g/mol. The van der Waals surface area contributed by atoms with Crippen molar-refractivity contribution < 1.29 is 19.3 Å². The van der Waals surface area contributed by atoms with E-state index < -0.39 is 0 Å². The fourth-order valence-corrected chi connectivity index (χ4v) is 0.970. The van der Waals surface area contributed by atoms with Crippen LogP contribution in [0.1, 0.15) is 0 Å². The first-order valence-electron chi connectivity index (χ1n) is 4.78. The van der Waals surface area contributed by atoms with Crippen molar-refractivity contribution in [1.29, 1.82) is 0 Å². The lowest BCUT2D eigenvalue weighted by molar-refractivity contribution is -0.0344. The molecule has 0 amide bonds. The summed E-state index contributed by atoms with van der Waals surface area (Å²) in [6.45, 7) is 2.78. The molecule has 1 unspecified atom stereocenters. The highest BCUT2D eigenvalue weighted by atomic mass is 16.5. The van der Waals surface area contributed by atoms with E-state index in [1.165, 1.54) is 0 Å². The van der Waals surface area contributed by atoms with E-state index in [1.54, 1.807) is 7.11 Å². The molecule has 0 heterocycles. The minimum absolute atomic E-state index is 0.0102. The van der Waals surface area contributed by atoms with Gasteiger partial charge in [-0.25, -0.2) is 0 Å². The predicted octanol–water partition coefficient (Wildman–Crippen LogP) is -0.754. The van der Waals surface area contributed by atoms with E-state index in [0.717, 1.165) is 0 Å². The molecule has 0 aromatic carbocycles. The van der Waals surface area contributed by atoms with Crippen LogP contribution in [0.5, 0.6) is 0 Å². The van der Waals surface area contributed by atoms with Crippen LogP contribution in [-0.4, -0.2) is 64.9 Å². The average Bonchev–Trinajstić information content (AvgIpc) is 2.20. The molecule has 0 fully saturated rings. The summed E-state index contributed by atoms with van der Waals surface area (Å²) in [6.07, 6.45) is -0.0102. The summed E-state index contributed by atoms with van der Waals surface area (Å²) in [4.78, 5) is 0. The number of rotatable bonds is 10. The van der Waals surface area contributed by atoms with Gasteiger partial charge in [0.1, 0.15) is 0 Å². The van der Waals surface area contributed by atoms with Crippen molar-refractivity contribution >= 4 is 0 Å². The third-order valence-corrected chi connectivity index (χ3v) is 1.61. The maximum atomic E-state index is 8.59. The van der Waals surface area contributed by atoms with Crippen molar-refractivity contribution in [3.05, 3.63) is 0 Å². The molecule has 5 heteroatoms. The Hall–Kier alpha value is -0.200. The summed E-state index contributed by atoms with van der Waals surface area (Å²) in [6, 6.07) is 0. The lowest BCUT2D eigenvalue weighted by Gasteiger charge is -2.16. The van der Waals surface area contributed by atoms with E-state index in [4.69, 9.17) is 19.3 Å². The van der Waals surface area contributed by atoms with Crippen molar-refractivity contribution in [2.75, 3.05) is 53.7 Å². The van der Waals surface area contributed by atoms with E-state index >= 15 is 0 Å². The molecule has 0 saturated carbocycles. The van der Waals surface area contributed by atoms with Crippen LogP contribution in [0, 0.1) is 0 Å². The van der Waals surface area contributed by atoms with Gasteiger partial charge in [-0.2, -0.15) is 0 Å². The van der Waals surface area contributed by atoms with Crippen LogP contribution in [0.2, 0.25) is 0 Å². The van der Waals surface area contributed by atoms with Gasteiger partial charge in [0.25, 0.3) is 0 Å². The lowest BCUT2D eigenvalue weighted by Crippen LogP contribution is -2.32. The van der Waals surface area contributed by atoms with E-state index in [9.17, 15) is 0 Å². The van der Waals surface area contributed by atoms with Crippen molar-refractivity contribution in [1.82, 2.24) is 5.32 Å². The number of hydrogen-bond acceptors (Lipinski definition) is 5. The lowest BCUT2D eigenvalue weighted by atomic mass is 10.4. The monoisotopic (exact) mass is 207 g/mol. The first kappa shape index (κ1) is 13.8. The molecule has 0 aliphatic carbocycles. The Morgan fingerprint density at radius 2 is 2.07 bits per heavy atom. The minimum atomic E-state index is -0.0102. The Bertz CT molecular complexity index is 113. The normalized spacial score (nSPS) is 13.1. The second-order valence-electron chi connectivity index (χ2n) is 2.84. The molecule has 14 heavy (non-hydrogen) atoms. The van der Waals surface area contributed by atoms with E-state index in [0.29, 0.717) is 33.0 Å². The molecule has 0 aliphatic heterocycles. The number of ether oxygens (including phenoxy) is 3. The molecule has 0 aliphatic rings. The van der Waals surface area contributed by atoms with Crippen molar-refractivity contribution in [2.45, 2.75) is 6.10 Å². The van der Waals surface area contributed by atoms with Gasteiger partial charge in [0.05, 0.1) is 39.1 Å². The summed E-state index contributed by atoms with van der Waals surface area (Å²) >= 11 is 0. The number of nitrogens with one attached hydrogen (secondary N) is 1. The van der Waals surface area contributed by atoms with Gasteiger partial charge < -0.3 is 24.6 Å². The van der Waals surface area contributed by atoms with E-state index in [2.05, 4.69) is 5.32 Å². The summed E-state index contributed by atoms with van der Waals surface area (Å²) in [5.74, 6) is 0. The Labute approximate surface area is 85.3 Å². The largest absolute Gasteiger partial charge is 0.394 e. The number of likely N-dealkylation sites (N-methyl/N-ethyl adjacent to an activating group) is 1. The second kappa shape index (κ2) is 10.9. The molecule has 86 valence electrons. The molecular weight excluding hydrogens is 186 g/mol. The summed E-state index contributed by atoms with van der Waals surface area (Å²) in [7, 11) is 3.49. The van der Waals surface area contributed by atoms with Gasteiger partial charge in [0.2, 0.25) is 0 Å². The van der Waals surface area contributed by atoms with Crippen LogP contribution in [0.25, 0.3) is 0 Å². The maximum Gasteiger partial charge on any atom is 0.0933 e. The third kappa shape index (κ3) is 8.40. The molecule has 5 nitrogen and oxygen atoms in total. The van der Waals surface area contributed by atoms with E-state index in [1.807, 2.05) is 7.05 Å². The second-order valence-corrected chi connectivity index (χ2v) is 2.84. The Balaban J connectivity index is 3.40. The molecule has 2 N–H and O–H groups in total. The molecule has 0 bridgehead atoms. The topological polar surface area (TPSA) is 60.0 Å². The van der Waals surface area contributed by atoms with Crippen molar-refractivity contribution in [3.63, 3.8) is 0 Å². The van der Waals surface area contributed by atoms with Gasteiger partial charge in [0, 0.05) is 13.7 Å². The highest BCUT2D eigenvalue weighted by molar-refractivity contribution is 4.58. The SMILES string of the molecule is CNCC(COCCOC)OCCO. The van der Waals surface area contributed by atoms with Gasteiger partial charge in [-0.1, -0.05) is 0 Å². The van der Waals surface area contributed by atoms with Gasteiger partial charge >= 0.3 is 0 Å². The molecule has 0 aromatic heterocycles. The zero-order chi connectivity index (χ0) is 10.6. The Morgan fingerprint density at radius 1 is 1.29 bits per heavy atom. The molecular formula is C9H21NO4. The smallest absolute Gasteiger partial charge is 0.0933 e. The molecule has 0 saturated heterocycles. The zero-order valence-corrected chi connectivity index (χ0v) is 8.99. The van der Waals surface area contributed by atoms with Crippen molar-refractivity contribution in [3.8, 4) is 0 Å². The summed E-state index contributed by atoms with van der Waals surface area (Å²) in [5.41, 5.74) is 0. The zero-order valence-electron chi connectivity index (χ0n) is 8.99. The van der Waals surface area contributed by atoms with Gasteiger partial charge in [-0.05, 0) is 7.05 Å². The fourth-order valence-electron chi connectivity index (χ4n) is 0.970. The first-order valence-corrected chi connectivity index (χ1v) is 4.78. The number of aliphatic hydroxyl groups excluding tert-OH is 1. The van der Waals surface area contributed by atoms with E-state index in [-0.39, 0.29) is 12.7 Å². The Kier molecular flexibility index (Phi) is 10.7. The highest BCUT2D eigenvalue weighted by Gasteiger charge is 2.07. The van der Waals surface area contributed by atoms with Crippen LogP contribution in [0.15, 0.2) is 0 Å². The quantitative estimate of drug-likeness (QED) is 0.461. The van der Waals surface area contributed by atoms with Crippen molar-refractivity contribution in [2.24, 2.45) is 0 Å². The first-order chi connectivity index (χ1) is 6.85. The highest BCUT2D eigenvalue weighted by Crippen LogP contribution is 1.92. The Morgan fingerprint density at radius 3 is 2.64 bits per heavy atom. The maximum absolute atomic E-state index is 8.59.